The minimum Gasteiger partial charge on any atom is -0.465 e. The van der Waals surface area contributed by atoms with Gasteiger partial charge in [0, 0.05) is 24.1 Å². The second-order valence-corrected chi connectivity index (χ2v) is 7.35. The Labute approximate surface area is 158 Å². The van der Waals surface area contributed by atoms with Crippen LogP contribution in [-0.2, 0) is 11.3 Å². The Bertz CT molecular complexity index is 853. The normalized spacial score (nSPS) is 16.0. The zero-order valence-electron chi connectivity index (χ0n) is 16.2. The molecule has 3 rings (SSSR count). The van der Waals surface area contributed by atoms with E-state index in [9.17, 15) is 14.0 Å². The van der Waals surface area contributed by atoms with Crippen molar-refractivity contribution in [3.63, 3.8) is 0 Å². The van der Waals surface area contributed by atoms with E-state index in [2.05, 4.69) is 4.98 Å². The number of halogens is 1. The van der Waals surface area contributed by atoms with E-state index in [1.807, 2.05) is 6.92 Å². The Balaban J connectivity index is 1.84. The van der Waals surface area contributed by atoms with Crippen molar-refractivity contribution in [3.8, 4) is 0 Å². The van der Waals surface area contributed by atoms with E-state index < -0.39 is 5.97 Å². The Kier molecular flexibility index (Phi) is 5.46. The third-order valence-corrected chi connectivity index (χ3v) is 5.45. The number of nitrogens with one attached hydrogen (secondary N) is 2. The molecule has 0 bridgehead atoms. The molecule has 5 nitrogen and oxygen atoms in total. The molecule has 0 saturated heterocycles. The highest BCUT2D eigenvalue weighted by Gasteiger charge is 2.40. The molecular weight excluding hydrogens is 347 g/mol. The molecule has 2 N–H and O–H groups in total. The van der Waals surface area contributed by atoms with Crippen molar-refractivity contribution < 1.29 is 23.6 Å². The van der Waals surface area contributed by atoms with Crippen molar-refractivity contribution in [2.75, 3.05) is 7.11 Å². The highest BCUT2D eigenvalue weighted by Crippen LogP contribution is 2.21. The van der Waals surface area contributed by atoms with Crippen molar-refractivity contribution in [1.82, 2.24) is 4.98 Å². The second kappa shape index (κ2) is 7.64. The van der Waals surface area contributed by atoms with Gasteiger partial charge in [0.2, 0.25) is 5.78 Å². The zero-order valence-corrected chi connectivity index (χ0v) is 16.2. The molecule has 2 aromatic rings. The van der Waals surface area contributed by atoms with Crippen LogP contribution in [-0.4, -0.2) is 35.9 Å². The number of hydrogen-bond acceptors (Lipinski definition) is 3. The highest BCUT2D eigenvalue weighted by molar-refractivity contribution is 6.03. The van der Waals surface area contributed by atoms with Crippen LogP contribution in [0.3, 0.4) is 0 Å². The summed E-state index contributed by atoms with van der Waals surface area (Å²) in [5.74, 6) is -0.718. The summed E-state index contributed by atoms with van der Waals surface area (Å²) in [6, 6.07) is 6.61. The average Bonchev–Trinajstić information content (AvgIpc) is 3.44. The van der Waals surface area contributed by atoms with Gasteiger partial charge in [-0.25, -0.2) is 9.18 Å². The summed E-state index contributed by atoms with van der Waals surface area (Å²) < 4.78 is 18.0. The Hall–Kier alpha value is -2.47. The molecule has 6 heteroatoms. The predicted octanol–water partition coefficient (Wildman–Crippen LogP) is 2.38. The molecule has 1 aromatic heterocycles. The number of benzene rings is 1. The molecule has 1 aliphatic carbocycles. The number of carbonyl (C=O) groups is 2. The van der Waals surface area contributed by atoms with Crippen LogP contribution in [0.2, 0.25) is 0 Å². The fraction of sp³-hybridized carbons (Fsp3) is 0.429. The first-order chi connectivity index (χ1) is 12.8. The van der Waals surface area contributed by atoms with Gasteiger partial charge in [0.25, 0.3) is 0 Å². The number of quaternary nitrogens is 1. The molecule has 144 valence electrons. The first kappa shape index (κ1) is 19.3. The van der Waals surface area contributed by atoms with Crippen LogP contribution in [0.5, 0.6) is 0 Å². The molecule has 1 unspecified atom stereocenters. The molecular formula is C21H26FN2O3+. The zero-order chi connectivity index (χ0) is 19.7. The Morgan fingerprint density at radius 1 is 1.26 bits per heavy atom. The van der Waals surface area contributed by atoms with Gasteiger partial charge >= 0.3 is 5.97 Å². The van der Waals surface area contributed by atoms with Gasteiger partial charge in [-0.05, 0) is 38.5 Å². The van der Waals surface area contributed by atoms with Gasteiger partial charge in [0.15, 0.2) is 6.04 Å². The van der Waals surface area contributed by atoms with Crippen LogP contribution in [0.1, 0.15) is 57.4 Å². The molecule has 0 spiro atoms. The lowest BCUT2D eigenvalue weighted by Gasteiger charge is -2.25. The van der Waals surface area contributed by atoms with Crippen LogP contribution < -0.4 is 4.90 Å². The number of H-pyrrole nitrogens is 1. The maximum atomic E-state index is 13.2. The van der Waals surface area contributed by atoms with Crippen molar-refractivity contribution in [2.45, 2.75) is 52.2 Å². The minimum atomic E-state index is -0.439. The minimum absolute atomic E-state index is 0.0187. The summed E-state index contributed by atoms with van der Waals surface area (Å²) in [6.07, 6.45) is 2.18. The third-order valence-electron chi connectivity index (χ3n) is 5.45. The number of carbonyl (C=O) groups excluding carboxylic acids is 2. The van der Waals surface area contributed by atoms with E-state index >= 15 is 0 Å². The number of aromatic nitrogens is 1. The smallest absolute Gasteiger partial charge is 0.339 e. The van der Waals surface area contributed by atoms with Crippen molar-refractivity contribution in [3.05, 3.63) is 58.2 Å². The number of rotatable bonds is 7. The first-order valence-electron chi connectivity index (χ1n) is 9.25. The predicted molar refractivity (Wildman–Crippen MR) is 99.5 cm³/mol. The lowest BCUT2D eigenvalue weighted by Crippen LogP contribution is -3.16. The van der Waals surface area contributed by atoms with Gasteiger partial charge in [0.1, 0.15) is 12.4 Å². The summed E-state index contributed by atoms with van der Waals surface area (Å²) in [4.78, 5) is 29.4. The number of Topliss-reactive ketones (excluding diaryl/α,β-unsaturated/α-hetero) is 1. The van der Waals surface area contributed by atoms with Crippen molar-refractivity contribution >= 4 is 11.8 Å². The van der Waals surface area contributed by atoms with Gasteiger partial charge in [-0.1, -0.05) is 12.1 Å². The lowest BCUT2D eigenvalue weighted by molar-refractivity contribution is -0.938. The number of aromatic amines is 1. The lowest BCUT2D eigenvalue weighted by atomic mass is 10.0. The average molecular weight is 373 g/mol. The molecule has 0 amide bonds. The number of hydrogen-bond donors (Lipinski definition) is 2. The molecule has 1 aliphatic rings. The highest BCUT2D eigenvalue weighted by atomic mass is 19.1. The van der Waals surface area contributed by atoms with Crippen LogP contribution >= 0.6 is 0 Å². The van der Waals surface area contributed by atoms with Crippen molar-refractivity contribution in [2.24, 2.45) is 0 Å². The van der Waals surface area contributed by atoms with Crippen LogP contribution in [0.4, 0.5) is 4.39 Å². The van der Waals surface area contributed by atoms with Gasteiger partial charge in [-0.2, -0.15) is 0 Å². The molecule has 1 heterocycles. The van der Waals surface area contributed by atoms with E-state index in [4.69, 9.17) is 4.74 Å². The quantitative estimate of drug-likeness (QED) is 0.579. The molecule has 27 heavy (non-hydrogen) atoms. The van der Waals surface area contributed by atoms with E-state index in [-0.39, 0.29) is 17.6 Å². The van der Waals surface area contributed by atoms with Crippen LogP contribution in [0.15, 0.2) is 24.3 Å². The maximum absolute atomic E-state index is 13.2. The summed E-state index contributed by atoms with van der Waals surface area (Å²) in [6.45, 7) is 6.13. The molecule has 1 fully saturated rings. The topological polar surface area (TPSA) is 63.6 Å². The SMILES string of the molecule is COC(=O)c1c(C)[nH]c(C(=O)[C@@H](C)[NH+](Cc2ccc(F)cc2)C2CC2)c1C. The molecule has 1 saturated carbocycles. The summed E-state index contributed by atoms with van der Waals surface area (Å²) in [5, 5.41) is 0. The van der Waals surface area contributed by atoms with E-state index in [0.29, 0.717) is 35.1 Å². The Morgan fingerprint density at radius 2 is 1.89 bits per heavy atom. The van der Waals surface area contributed by atoms with Gasteiger partial charge in [0.05, 0.1) is 24.4 Å². The first-order valence-corrected chi connectivity index (χ1v) is 9.25. The van der Waals surface area contributed by atoms with Gasteiger partial charge < -0.3 is 14.6 Å². The van der Waals surface area contributed by atoms with Gasteiger partial charge in [-0.15, -0.1) is 0 Å². The molecule has 1 aromatic carbocycles. The number of aryl methyl sites for hydroxylation is 1. The van der Waals surface area contributed by atoms with Crippen LogP contribution in [0.25, 0.3) is 0 Å². The summed E-state index contributed by atoms with van der Waals surface area (Å²) in [5.41, 5.74) is 3.18. The number of esters is 1. The van der Waals surface area contributed by atoms with Crippen molar-refractivity contribution in [1.29, 1.82) is 0 Å². The van der Waals surface area contributed by atoms with E-state index in [1.165, 1.54) is 24.1 Å². The van der Waals surface area contributed by atoms with E-state index in [1.54, 1.807) is 26.0 Å². The largest absolute Gasteiger partial charge is 0.465 e. The fourth-order valence-electron chi connectivity index (χ4n) is 3.73. The monoisotopic (exact) mass is 373 g/mol. The molecule has 0 radical (unpaired) electrons. The third kappa shape index (κ3) is 3.95. The second-order valence-electron chi connectivity index (χ2n) is 7.35. The summed E-state index contributed by atoms with van der Waals surface area (Å²) >= 11 is 0. The van der Waals surface area contributed by atoms with E-state index in [0.717, 1.165) is 18.4 Å². The number of ether oxygens (including phenoxy) is 1. The molecule has 0 aliphatic heterocycles. The standard InChI is InChI=1S/C21H25FN2O3/c1-12-18(21(26)27-4)13(2)23-19(12)20(25)14(3)24(17-9-10-17)11-15-5-7-16(22)8-6-15/h5-8,14,17,23H,9-11H2,1-4H3/p+1/t14-/m1/s1. The number of ketones is 1. The number of methoxy groups -OCH3 is 1. The molecule has 2 atom stereocenters. The summed E-state index contributed by atoms with van der Waals surface area (Å²) in [7, 11) is 1.33. The fourth-order valence-corrected chi connectivity index (χ4v) is 3.73. The van der Waals surface area contributed by atoms with Crippen LogP contribution in [0, 0.1) is 19.7 Å². The van der Waals surface area contributed by atoms with Gasteiger partial charge in [-0.3, -0.25) is 4.79 Å². The Morgan fingerprint density at radius 3 is 2.44 bits per heavy atom. The maximum Gasteiger partial charge on any atom is 0.339 e.